The number of ether oxygens (including phenoxy) is 2. The van der Waals surface area contributed by atoms with Crippen LogP contribution in [0.5, 0.6) is 0 Å². The summed E-state index contributed by atoms with van der Waals surface area (Å²) in [5.41, 5.74) is 0. The summed E-state index contributed by atoms with van der Waals surface area (Å²) in [4.78, 5) is 30.5. The Hall–Kier alpha value is -1.63. The second kappa shape index (κ2) is 4.29. The maximum atomic E-state index is 10.4. The van der Waals surface area contributed by atoms with Gasteiger partial charge < -0.3 is 19.7 Å². The van der Waals surface area contributed by atoms with E-state index in [1.165, 1.54) is 0 Å². The van der Waals surface area contributed by atoms with E-state index in [9.17, 15) is 14.4 Å². The van der Waals surface area contributed by atoms with Gasteiger partial charge in [-0.2, -0.15) is 0 Å². The van der Waals surface area contributed by atoms with Gasteiger partial charge in [-0.3, -0.25) is 0 Å². The molecule has 0 aromatic heterocycles. The number of carbonyl (C=O) groups is 3. The average molecular weight is 178 g/mol. The van der Waals surface area contributed by atoms with E-state index in [1.807, 2.05) is 0 Å². The Morgan fingerprint density at radius 3 is 2.08 bits per heavy atom. The Labute approximate surface area is 66.5 Å². The molecule has 1 atom stereocenters. The van der Waals surface area contributed by atoms with Crippen LogP contribution >= 0.6 is 0 Å². The van der Waals surface area contributed by atoms with Crippen LogP contribution in [0.15, 0.2) is 0 Å². The first-order valence-electron chi connectivity index (χ1n) is 2.69. The Balaban J connectivity index is 4.10. The fraction of sp³-hybridized carbons (Fsp3) is 0.400. The van der Waals surface area contributed by atoms with Crippen molar-refractivity contribution in [2.24, 2.45) is 0 Å². The zero-order chi connectivity index (χ0) is 9.72. The second-order valence-corrected chi connectivity index (χ2v) is 1.61. The van der Waals surface area contributed by atoms with Crippen molar-refractivity contribution in [3.63, 3.8) is 0 Å². The molecule has 7 heteroatoms. The molecular weight excluding hydrogens is 172 g/mol. The molecule has 0 bridgehead atoms. The van der Waals surface area contributed by atoms with Crippen LogP contribution in [0.3, 0.4) is 0 Å². The van der Waals surface area contributed by atoms with E-state index >= 15 is 0 Å². The van der Waals surface area contributed by atoms with E-state index in [0.29, 0.717) is 0 Å². The number of hydrogen-bond donors (Lipinski definition) is 2. The van der Waals surface area contributed by atoms with Gasteiger partial charge in [-0.1, -0.05) is 0 Å². The highest BCUT2D eigenvalue weighted by Gasteiger charge is 2.28. The predicted molar refractivity (Wildman–Crippen MR) is 32.1 cm³/mol. The van der Waals surface area contributed by atoms with E-state index in [2.05, 4.69) is 9.47 Å². The molecule has 0 fully saturated rings. The molecule has 0 aliphatic carbocycles. The van der Waals surface area contributed by atoms with Crippen molar-refractivity contribution >= 4 is 18.1 Å². The number of aliphatic hydroxyl groups is 1. The van der Waals surface area contributed by atoms with Gasteiger partial charge in [0.15, 0.2) is 0 Å². The Kier molecular flexibility index (Phi) is 3.71. The molecule has 0 radical (unpaired) electrons. The number of methoxy groups -OCH3 is 1. The van der Waals surface area contributed by atoms with Crippen LogP contribution < -0.4 is 0 Å². The molecule has 12 heavy (non-hydrogen) atoms. The molecule has 0 rings (SSSR count). The van der Waals surface area contributed by atoms with Crippen molar-refractivity contribution in [3.8, 4) is 0 Å². The highest BCUT2D eigenvalue weighted by atomic mass is 16.7. The van der Waals surface area contributed by atoms with Gasteiger partial charge in [0.25, 0.3) is 6.10 Å². The third-order valence-corrected chi connectivity index (χ3v) is 0.836. The summed E-state index contributed by atoms with van der Waals surface area (Å²) in [6, 6.07) is 0. The van der Waals surface area contributed by atoms with Gasteiger partial charge in [0.05, 0.1) is 7.11 Å². The zero-order valence-corrected chi connectivity index (χ0v) is 6.01. The van der Waals surface area contributed by atoms with Crippen LogP contribution in [-0.2, 0) is 19.1 Å². The summed E-state index contributed by atoms with van der Waals surface area (Å²) >= 11 is 0. The Morgan fingerprint density at radius 2 is 1.75 bits per heavy atom. The fourth-order valence-corrected chi connectivity index (χ4v) is 0.350. The van der Waals surface area contributed by atoms with Crippen LogP contribution in [0, 0.1) is 0 Å². The van der Waals surface area contributed by atoms with Gasteiger partial charge in [0.1, 0.15) is 0 Å². The summed E-state index contributed by atoms with van der Waals surface area (Å²) in [6.07, 6.45) is -4.12. The molecular formula is C5H6O7. The number of carboxylic acid groups (broad SMARTS) is 1. The maximum absolute atomic E-state index is 10.4. The highest BCUT2D eigenvalue weighted by molar-refractivity contribution is 6.00. The van der Waals surface area contributed by atoms with Crippen molar-refractivity contribution in [2.75, 3.05) is 7.11 Å². The topological polar surface area (TPSA) is 110 Å². The summed E-state index contributed by atoms with van der Waals surface area (Å²) in [7, 11) is 0.930. The molecule has 0 spiro atoms. The fourth-order valence-electron chi connectivity index (χ4n) is 0.350. The number of rotatable bonds is 2. The van der Waals surface area contributed by atoms with Gasteiger partial charge in [-0.05, 0) is 0 Å². The van der Waals surface area contributed by atoms with E-state index in [4.69, 9.17) is 10.2 Å². The van der Waals surface area contributed by atoms with Gasteiger partial charge in [-0.25, -0.2) is 14.4 Å². The SMILES string of the molecule is COC(=O)C(O)C(=O)OC(=O)O. The zero-order valence-electron chi connectivity index (χ0n) is 6.01. The van der Waals surface area contributed by atoms with Gasteiger partial charge in [0.2, 0.25) is 0 Å². The molecule has 0 aromatic rings. The smallest absolute Gasteiger partial charge is 0.467 e. The lowest BCUT2D eigenvalue weighted by atomic mass is 10.4. The van der Waals surface area contributed by atoms with Gasteiger partial charge in [-0.15, -0.1) is 0 Å². The molecule has 0 heterocycles. The molecule has 1 unspecified atom stereocenters. The molecule has 0 aliphatic rings. The summed E-state index contributed by atoms with van der Waals surface area (Å²) < 4.78 is 7.39. The molecule has 0 aromatic carbocycles. The van der Waals surface area contributed by atoms with E-state index in [-0.39, 0.29) is 0 Å². The lowest BCUT2D eigenvalue weighted by Crippen LogP contribution is -2.33. The van der Waals surface area contributed by atoms with E-state index < -0.39 is 24.2 Å². The lowest BCUT2D eigenvalue weighted by molar-refractivity contribution is -0.164. The minimum atomic E-state index is -2.22. The number of esters is 2. The molecule has 2 N–H and O–H groups in total. The second-order valence-electron chi connectivity index (χ2n) is 1.61. The average Bonchev–Trinajstić information content (AvgIpc) is 2.00. The molecule has 0 saturated heterocycles. The monoisotopic (exact) mass is 178 g/mol. The van der Waals surface area contributed by atoms with E-state index in [1.54, 1.807) is 0 Å². The Morgan fingerprint density at radius 1 is 1.25 bits per heavy atom. The van der Waals surface area contributed by atoms with Crippen LogP contribution in [-0.4, -0.2) is 41.5 Å². The largest absolute Gasteiger partial charge is 0.513 e. The first kappa shape index (κ1) is 10.4. The lowest BCUT2D eigenvalue weighted by Gasteiger charge is -2.04. The molecule has 7 nitrogen and oxygen atoms in total. The van der Waals surface area contributed by atoms with Crippen molar-refractivity contribution in [1.82, 2.24) is 0 Å². The third kappa shape index (κ3) is 2.97. The summed E-state index contributed by atoms with van der Waals surface area (Å²) in [6.45, 7) is 0. The molecule has 0 saturated carbocycles. The standard InChI is InChI=1S/C5H6O7/c1-11-3(7)2(6)4(8)12-5(9)10/h2,6H,1H3,(H,9,10). The predicted octanol–water partition coefficient (Wildman–Crippen LogP) is -1.26. The minimum Gasteiger partial charge on any atom is -0.467 e. The quantitative estimate of drug-likeness (QED) is 0.401. The van der Waals surface area contributed by atoms with Crippen molar-refractivity contribution in [3.05, 3.63) is 0 Å². The van der Waals surface area contributed by atoms with Crippen LogP contribution in [0.2, 0.25) is 0 Å². The summed E-state index contributed by atoms with van der Waals surface area (Å²) in [5.74, 6) is -2.87. The summed E-state index contributed by atoms with van der Waals surface area (Å²) in [5, 5.41) is 16.5. The number of aliphatic hydroxyl groups excluding tert-OH is 1. The van der Waals surface area contributed by atoms with Crippen LogP contribution in [0.1, 0.15) is 0 Å². The minimum absolute atomic E-state index is 0.930. The maximum Gasteiger partial charge on any atom is 0.513 e. The first-order chi connectivity index (χ1) is 5.49. The first-order valence-corrected chi connectivity index (χ1v) is 2.69. The van der Waals surface area contributed by atoms with Gasteiger partial charge >= 0.3 is 18.1 Å². The van der Waals surface area contributed by atoms with E-state index in [0.717, 1.165) is 7.11 Å². The number of hydrogen-bond acceptors (Lipinski definition) is 6. The molecule has 0 aliphatic heterocycles. The van der Waals surface area contributed by atoms with Crippen molar-refractivity contribution in [2.45, 2.75) is 6.10 Å². The van der Waals surface area contributed by atoms with Crippen LogP contribution in [0.25, 0.3) is 0 Å². The molecule has 68 valence electrons. The number of carbonyl (C=O) groups excluding carboxylic acids is 2. The van der Waals surface area contributed by atoms with Crippen LogP contribution in [0.4, 0.5) is 4.79 Å². The Bertz CT molecular complexity index is 208. The van der Waals surface area contributed by atoms with Gasteiger partial charge in [0, 0.05) is 0 Å². The van der Waals surface area contributed by atoms with Crippen molar-refractivity contribution < 1.29 is 34.1 Å². The highest BCUT2D eigenvalue weighted by Crippen LogP contribution is 1.91. The normalized spacial score (nSPS) is 11.5. The van der Waals surface area contributed by atoms with Crippen molar-refractivity contribution in [1.29, 1.82) is 0 Å². The third-order valence-electron chi connectivity index (χ3n) is 0.836. The molecule has 0 amide bonds.